The number of benzene rings is 1. The molecule has 1 N–H and O–H groups in total. The van der Waals surface area contributed by atoms with Crippen molar-refractivity contribution < 1.29 is 13.2 Å². The molecule has 1 aromatic rings. The smallest absolute Gasteiger partial charge is 0.378 e. The molecular formula is C11H12F3NS. The maximum absolute atomic E-state index is 12.5. The minimum Gasteiger partial charge on any atom is -0.378 e. The van der Waals surface area contributed by atoms with E-state index in [9.17, 15) is 13.2 Å². The quantitative estimate of drug-likeness (QED) is 0.743. The van der Waals surface area contributed by atoms with Gasteiger partial charge in [0.2, 0.25) is 0 Å². The molecule has 16 heavy (non-hydrogen) atoms. The van der Waals surface area contributed by atoms with Crippen molar-refractivity contribution in [3.8, 4) is 0 Å². The summed E-state index contributed by atoms with van der Waals surface area (Å²) in [5.41, 5.74) is -0.185. The zero-order valence-electron chi connectivity index (χ0n) is 8.98. The molecule has 0 atom stereocenters. The lowest BCUT2D eigenvalue weighted by molar-refractivity contribution is -0.137. The van der Waals surface area contributed by atoms with Crippen LogP contribution in [0.15, 0.2) is 23.1 Å². The second kappa shape index (κ2) is 3.58. The molecule has 1 aliphatic heterocycles. The van der Waals surface area contributed by atoms with Crippen LogP contribution in [0.3, 0.4) is 0 Å². The maximum Gasteiger partial charge on any atom is 0.416 e. The standard InChI is InChI=1S/C11H12F3NS/c1-10(2)6-16-9-4-3-7(11(12,13)14)5-8(9)15-10/h3-5,15H,6H2,1-2H3. The molecule has 0 saturated carbocycles. The van der Waals surface area contributed by atoms with Gasteiger partial charge in [0.1, 0.15) is 0 Å². The number of hydrogen-bond acceptors (Lipinski definition) is 2. The highest BCUT2D eigenvalue weighted by molar-refractivity contribution is 7.99. The molecular weight excluding hydrogens is 235 g/mol. The number of fused-ring (bicyclic) bond motifs is 1. The summed E-state index contributed by atoms with van der Waals surface area (Å²) in [4.78, 5) is 0.882. The van der Waals surface area contributed by atoms with Crippen molar-refractivity contribution in [2.24, 2.45) is 0 Å². The third-order valence-electron chi connectivity index (χ3n) is 2.37. The fourth-order valence-corrected chi connectivity index (χ4v) is 2.61. The number of rotatable bonds is 0. The first-order chi connectivity index (χ1) is 7.28. The first-order valence-corrected chi connectivity index (χ1v) is 5.89. The number of halogens is 3. The predicted octanol–water partition coefficient (Wildman–Crippen LogP) is 4.00. The number of anilines is 1. The van der Waals surface area contributed by atoms with Crippen LogP contribution >= 0.6 is 11.8 Å². The van der Waals surface area contributed by atoms with E-state index in [1.54, 1.807) is 11.8 Å². The Balaban J connectivity index is 2.39. The fourth-order valence-electron chi connectivity index (χ4n) is 1.59. The van der Waals surface area contributed by atoms with Gasteiger partial charge in [0.05, 0.1) is 5.56 Å². The first-order valence-electron chi connectivity index (χ1n) is 4.90. The molecule has 0 saturated heterocycles. The zero-order chi connectivity index (χ0) is 12.0. The maximum atomic E-state index is 12.5. The Morgan fingerprint density at radius 1 is 1.31 bits per heavy atom. The van der Waals surface area contributed by atoms with Gasteiger partial charge in [-0.25, -0.2) is 0 Å². The minimum absolute atomic E-state index is 0.165. The lowest BCUT2D eigenvalue weighted by atomic mass is 10.1. The van der Waals surface area contributed by atoms with Crippen LogP contribution in [-0.2, 0) is 6.18 Å². The summed E-state index contributed by atoms with van der Waals surface area (Å²) in [6, 6.07) is 3.85. The molecule has 1 nitrogen and oxygen atoms in total. The third-order valence-corrected chi connectivity index (χ3v) is 3.90. The van der Waals surface area contributed by atoms with Crippen LogP contribution in [0.5, 0.6) is 0 Å². The number of hydrogen-bond donors (Lipinski definition) is 1. The summed E-state index contributed by atoms with van der Waals surface area (Å²) in [6.07, 6.45) is -4.27. The van der Waals surface area contributed by atoms with E-state index in [-0.39, 0.29) is 5.54 Å². The van der Waals surface area contributed by atoms with Gasteiger partial charge in [-0.1, -0.05) is 0 Å². The average molecular weight is 247 g/mol. The van der Waals surface area contributed by atoms with Crippen molar-refractivity contribution >= 4 is 17.4 Å². The van der Waals surface area contributed by atoms with Crippen LogP contribution in [0, 0.1) is 0 Å². The van der Waals surface area contributed by atoms with E-state index >= 15 is 0 Å². The molecule has 5 heteroatoms. The van der Waals surface area contributed by atoms with Crippen LogP contribution in [-0.4, -0.2) is 11.3 Å². The van der Waals surface area contributed by atoms with Gasteiger partial charge in [-0.05, 0) is 32.0 Å². The fraction of sp³-hybridized carbons (Fsp3) is 0.455. The second-order valence-corrected chi connectivity index (χ2v) is 5.52. The molecule has 1 aliphatic rings. The summed E-state index contributed by atoms with van der Waals surface area (Å²) >= 11 is 1.59. The molecule has 0 aromatic heterocycles. The molecule has 88 valence electrons. The SMILES string of the molecule is CC1(C)CSc2ccc(C(F)(F)F)cc2N1. The Bertz CT molecular complexity index is 412. The topological polar surface area (TPSA) is 12.0 Å². The van der Waals surface area contributed by atoms with Gasteiger partial charge >= 0.3 is 6.18 Å². The Morgan fingerprint density at radius 3 is 2.62 bits per heavy atom. The van der Waals surface area contributed by atoms with Crippen molar-refractivity contribution in [3.63, 3.8) is 0 Å². The van der Waals surface area contributed by atoms with Crippen LogP contribution < -0.4 is 5.32 Å². The van der Waals surface area contributed by atoms with Gasteiger partial charge in [-0.15, -0.1) is 11.8 Å². The third kappa shape index (κ3) is 2.29. The van der Waals surface area contributed by atoms with Crippen LogP contribution in [0.25, 0.3) is 0 Å². The molecule has 0 amide bonds. The highest BCUT2D eigenvalue weighted by Gasteiger charge is 2.33. The molecule has 0 aliphatic carbocycles. The van der Waals surface area contributed by atoms with E-state index in [1.165, 1.54) is 12.1 Å². The first kappa shape index (κ1) is 11.6. The van der Waals surface area contributed by atoms with E-state index in [4.69, 9.17) is 0 Å². The average Bonchev–Trinajstić information content (AvgIpc) is 2.13. The van der Waals surface area contributed by atoms with Crippen molar-refractivity contribution in [1.29, 1.82) is 0 Å². The monoisotopic (exact) mass is 247 g/mol. The van der Waals surface area contributed by atoms with E-state index in [1.807, 2.05) is 13.8 Å². The summed E-state index contributed by atoms with van der Waals surface area (Å²) < 4.78 is 37.5. The number of alkyl halides is 3. The van der Waals surface area contributed by atoms with E-state index in [2.05, 4.69) is 5.32 Å². The van der Waals surface area contributed by atoms with E-state index < -0.39 is 11.7 Å². The molecule has 0 radical (unpaired) electrons. The molecule has 1 aromatic carbocycles. The van der Waals surface area contributed by atoms with Gasteiger partial charge in [-0.2, -0.15) is 13.2 Å². The Labute approximate surface area is 96.4 Å². The zero-order valence-corrected chi connectivity index (χ0v) is 9.80. The van der Waals surface area contributed by atoms with Crippen LogP contribution in [0.2, 0.25) is 0 Å². The lowest BCUT2D eigenvalue weighted by Crippen LogP contribution is -2.36. The molecule has 0 fully saturated rings. The van der Waals surface area contributed by atoms with Crippen molar-refractivity contribution in [1.82, 2.24) is 0 Å². The van der Waals surface area contributed by atoms with Crippen LogP contribution in [0.4, 0.5) is 18.9 Å². The number of nitrogens with one attached hydrogen (secondary N) is 1. The molecule has 0 spiro atoms. The molecule has 0 bridgehead atoms. The Morgan fingerprint density at radius 2 is 2.00 bits per heavy atom. The van der Waals surface area contributed by atoms with Crippen molar-refractivity contribution in [2.75, 3.05) is 11.1 Å². The summed E-state index contributed by atoms with van der Waals surface area (Å²) in [5, 5.41) is 3.13. The molecule has 1 heterocycles. The van der Waals surface area contributed by atoms with E-state index in [0.717, 1.165) is 16.7 Å². The van der Waals surface area contributed by atoms with Gasteiger partial charge in [0.15, 0.2) is 0 Å². The summed E-state index contributed by atoms with van der Waals surface area (Å²) in [5.74, 6) is 0.853. The van der Waals surface area contributed by atoms with Crippen LogP contribution in [0.1, 0.15) is 19.4 Å². The minimum atomic E-state index is -4.27. The Hall–Kier alpha value is -0.840. The lowest BCUT2D eigenvalue weighted by Gasteiger charge is -2.33. The molecule has 0 unspecified atom stereocenters. The predicted molar refractivity (Wildman–Crippen MR) is 59.9 cm³/mol. The second-order valence-electron chi connectivity index (χ2n) is 4.51. The summed E-state index contributed by atoms with van der Waals surface area (Å²) in [7, 11) is 0. The van der Waals surface area contributed by atoms with Crippen molar-refractivity contribution in [2.45, 2.75) is 30.5 Å². The van der Waals surface area contributed by atoms with Crippen molar-refractivity contribution in [3.05, 3.63) is 23.8 Å². The van der Waals surface area contributed by atoms with Gasteiger partial charge in [0.25, 0.3) is 0 Å². The highest BCUT2D eigenvalue weighted by Crippen LogP contribution is 2.40. The van der Waals surface area contributed by atoms with Gasteiger partial charge < -0.3 is 5.32 Å². The summed E-state index contributed by atoms with van der Waals surface area (Å²) in [6.45, 7) is 3.95. The largest absolute Gasteiger partial charge is 0.416 e. The number of thioether (sulfide) groups is 1. The van der Waals surface area contributed by atoms with Gasteiger partial charge in [0, 0.05) is 21.9 Å². The van der Waals surface area contributed by atoms with Gasteiger partial charge in [-0.3, -0.25) is 0 Å². The molecule has 2 rings (SSSR count). The Kier molecular flexibility index (Phi) is 2.61. The normalized spacial score (nSPS) is 18.8. The van der Waals surface area contributed by atoms with E-state index in [0.29, 0.717) is 5.69 Å². The highest BCUT2D eigenvalue weighted by atomic mass is 32.2.